The Labute approximate surface area is 118 Å². The molecule has 1 aliphatic rings. The Morgan fingerprint density at radius 2 is 2.11 bits per heavy atom. The second-order valence-corrected chi connectivity index (χ2v) is 5.88. The number of anilines is 1. The van der Waals surface area contributed by atoms with Gasteiger partial charge in [0, 0.05) is 19.0 Å². The first-order valence-corrected chi connectivity index (χ1v) is 7.84. The first-order valence-electron chi connectivity index (χ1n) is 7.05. The van der Waals surface area contributed by atoms with Gasteiger partial charge in [-0.3, -0.25) is 0 Å². The van der Waals surface area contributed by atoms with Gasteiger partial charge >= 0.3 is 0 Å². The zero-order valence-electron chi connectivity index (χ0n) is 11.1. The van der Waals surface area contributed by atoms with E-state index in [0.717, 1.165) is 35.1 Å². The lowest BCUT2D eigenvalue weighted by Crippen LogP contribution is -2.07. The summed E-state index contributed by atoms with van der Waals surface area (Å²) in [6, 6.07) is 1.95. The molecule has 1 saturated carbocycles. The third-order valence-electron chi connectivity index (χ3n) is 3.63. The van der Waals surface area contributed by atoms with E-state index in [1.807, 2.05) is 6.07 Å². The van der Waals surface area contributed by atoms with E-state index < -0.39 is 0 Å². The average molecular weight is 312 g/mol. The van der Waals surface area contributed by atoms with Crippen LogP contribution in [0.25, 0.3) is 0 Å². The highest BCUT2D eigenvalue weighted by atomic mass is 79.9. The van der Waals surface area contributed by atoms with Crippen LogP contribution in [0.1, 0.15) is 51.3 Å². The smallest absolute Gasteiger partial charge is 0.131 e. The molecule has 0 bridgehead atoms. The van der Waals surface area contributed by atoms with Crippen LogP contribution in [0.3, 0.4) is 0 Å². The van der Waals surface area contributed by atoms with E-state index in [2.05, 4.69) is 38.1 Å². The van der Waals surface area contributed by atoms with Crippen LogP contribution in [0, 0.1) is 5.92 Å². The number of hydrogen-bond acceptors (Lipinski definition) is 3. The van der Waals surface area contributed by atoms with Crippen molar-refractivity contribution in [2.24, 2.45) is 5.92 Å². The molecule has 1 heterocycles. The molecule has 18 heavy (non-hydrogen) atoms. The minimum absolute atomic E-state index is 0.868. The zero-order valence-corrected chi connectivity index (χ0v) is 12.7. The van der Waals surface area contributed by atoms with Crippen LogP contribution in [-0.4, -0.2) is 16.5 Å². The number of rotatable bonds is 6. The molecule has 0 unspecified atom stereocenters. The lowest BCUT2D eigenvalue weighted by Gasteiger charge is -2.10. The summed E-state index contributed by atoms with van der Waals surface area (Å²) in [6.07, 6.45) is 9.25. The molecule has 1 aliphatic carbocycles. The highest BCUT2D eigenvalue weighted by Crippen LogP contribution is 2.28. The molecule has 0 amide bonds. The quantitative estimate of drug-likeness (QED) is 0.632. The Hall–Kier alpha value is -0.640. The van der Waals surface area contributed by atoms with Crippen molar-refractivity contribution in [3.05, 3.63) is 16.5 Å². The van der Waals surface area contributed by atoms with Gasteiger partial charge in [0.05, 0.1) is 0 Å². The van der Waals surface area contributed by atoms with Gasteiger partial charge in [-0.05, 0) is 34.7 Å². The molecule has 0 radical (unpaired) electrons. The van der Waals surface area contributed by atoms with Crippen molar-refractivity contribution in [2.45, 2.75) is 51.9 Å². The summed E-state index contributed by atoms with van der Waals surface area (Å²) in [5, 5.41) is 3.40. The van der Waals surface area contributed by atoms with Gasteiger partial charge < -0.3 is 5.32 Å². The van der Waals surface area contributed by atoms with Crippen LogP contribution >= 0.6 is 15.9 Å². The largest absolute Gasteiger partial charge is 0.370 e. The van der Waals surface area contributed by atoms with E-state index in [9.17, 15) is 0 Å². The Balaban J connectivity index is 1.73. The third kappa shape index (κ3) is 4.23. The normalized spacial score (nSPS) is 16.1. The van der Waals surface area contributed by atoms with Gasteiger partial charge in [0.1, 0.15) is 16.2 Å². The zero-order chi connectivity index (χ0) is 12.8. The van der Waals surface area contributed by atoms with Gasteiger partial charge in [0.2, 0.25) is 0 Å². The second kappa shape index (κ2) is 7.07. The molecule has 100 valence electrons. The lowest BCUT2D eigenvalue weighted by atomic mass is 10.0. The molecule has 0 aliphatic heterocycles. The molecule has 0 atom stereocenters. The summed E-state index contributed by atoms with van der Waals surface area (Å²) >= 11 is 3.43. The summed E-state index contributed by atoms with van der Waals surface area (Å²) in [5.41, 5.74) is 0. The predicted octanol–water partition coefficient (Wildman–Crippen LogP) is 4.18. The second-order valence-electron chi connectivity index (χ2n) is 5.07. The molecular weight excluding hydrogens is 290 g/mol. The molecule has 1 N–H and O–H groups in total. The monoisotopic (exact) mass is 311 g/mol. The van der Waals surface area contributed by atoms with Crippen molar-refractivity contribution >= 4 is 21.7 Å². The van der Waals surface area contributed by atoms with E-state index in [0.29, 0.717) is 0 Å². The Morgan fingerprint density at radius 1 is 1.33 bits per heavy atom. The minimum Gasteiger partial charge on any atom is -0.370 e. The van der Waals surface area contributed by atoms with E-state index in [-0.39, 0.29) is 0 Å². The van der Waals surface area contributed by atoms with E-state index >= 15 is 0 Å². The van der Waals surface area contributed by atoms with Crippen LogP contribution in [0.2, 0.25) is 0 Å². The number of halogens is 1. The highest BCUT2D eigenvalue weighted by Gasteiger charge is 2.13. The SMILES string of the molecule is CCc1nc(Br)cc(NCCCC2CCCC2)n1. The molecular formula is C14H22BrN3. The van der Waals surface area contributed by atoms with Crippen molar-refractivity contribution in [1.29, 1.82) is 0 Å². The van der Waals surface area contributed by atoms with Gasteiger partial charge in [0.25, 0.3) is 0 Å². The molecule has 0 aromatic carbocycles. The fourth-order valence-corrected chi connectivity index (χ4v) is 3.04. The first-order chi connectivity index (χ1) is 8.78. The predicted molar refractivity (Wildman–Crippen MR) is 78.8 cm³/mol. The van der Waals surface area contributed by atoms with Crippen molar-refractivity contribution < 1.29 is 0 Å². The Bertz CT molecular complexity index is 375. The van der Waals surface area contributed by atoms with Crippen molar-refractivity contribution in [1.82, 2.24) is 9.97 Å². The van der Waals surface area contributed by atoms with Gasteiger partial charge in [-0.1, -0.05) is 32.6 Å². The molecule has 4 heteroatoms. The van der Waals surface area contributed by atoms with Crippen LogP contribution in [0.15, 0.2) is 10.7 Å². The number of aryl methyl sites for hydroxylation is 1. The standard InChI is InChI=1S/C14H22BrN3/c1-2-13-17-12(15)10-14(18-13)16-9-5-8-11-6-3-4-7-11/h10-11H,2-9H2,1H3,(H,16,17,18). The molecule has 3 nitrogen and oxygen atoms in total. The van der Waals surface area contributed by atoms with Crippen LogP contribution < -0.4 is 5.32 Å². The molecule has 0 saturated heterocycles. The number of nitrogens with one attached hydrogen (secondary N) is 1. The maximum atomic E-state index is 4.47. The van der Waals surface area contributed by atoms with Crippen LogP contribution in [0.4, 0.5) is 5.82 Å². The lowest BCUT2D eigenvalue weighted by molar-refractivity contribution is 0.491. The summed E-state index contributed by atoms with van der Waals surface area (Å²) in [6.45, 7) is 3.09. The van der Waals surface area contributed by atoms with Crippen LogP contribution in [0.5, 0.6) is 0 Å². The summed E-state index contributed by atoms with van der Waals surface area (Å²) < 4.78 is 0.868. The number of aromatic nitrogens is 2. The highest BCUT2D eigenvalue weighted by molar-refractivity contribution is 9.10. The summed E-state index contributed by atoms with van der Waals surface area (Å²) in [4.78, 5) is 8.78. The molecule has 0 spiro atoms. The van der Waals surface area contributed by atoms with Crippen molar-refractivity contribution in [2.75, 3.05) is 11.9 Å². The summed E-state index contributed by atoms with van der Waals surface area (Å²) in [5.74, 6) is 2.82. The third-order valence-corrected chi connectivity index (χ3v) is 4.03. The van der Waals surface area contributed by atoms with E-state index in [4.69, 9.17) is 0 Å². The fourth-order valence-electron chi connectivity index (χ4n) is 2.62. The fraction of sp³-hybridized carbons (Fsp3) is 0.714. The maximum Gasteiger partial charge on any atom is 0.131 e. The van der Waals surface area contributed by atoms with E-state index in [1.165, 1.54) is 38.5 Å². The summed E-state index contributed by atoms with van der Waals surface area (Å²) in [7, 11) is 0. The maximum absolute atomic E-state index is 4.47. The van der Waals surface area contributed by atoms with E-state index in [1.54, 1.807) is 0 Å². The Morgan fingerprint density at radius 3 is 2.83 bits per heavy atom. The van der Waals surface area contributed by atoms with Gasteiger partial charge in [-0.15, -0.1) is 0 Å². The van der Waals surface area contributed by atoms with Crippen molar-refractivity contribution in [3.8, 4) is 0 Å². The average Bonchev–Trinajstić information content (AvgIpc) is 2.87. The minimum atomic E-state index is 0.868. The first kappa shape index (κ1) is 13.8. The number of hydrogen-bond donors (Lipinski definition) is 1. The molecule has 1 aromatic heterocycles. The topological polar surface area (TPSA) is 37.8 Å². The Kier molecular flexibility index (Phi) is 5.42. The van der Waals surface area contributed by atoms with Gasteiger partial charge in [-0.2, -0.15) is 0 Å². The number of nitrogens with zero attached hydrogens (tertiary/aromatic N) is 2. The molecule has 1 fully saturated rings. The van der Waals surface area contributed by atoms with Crippen molar-refractivity contribution in [3.63, 3.8) is 0 Å². The molecule has 1 aromatic rings. The molecule has 2 rings (SSSR count). The van der Waals surface area contributed by atoms with Crippen LogP contribution in [-0.2, 0) is 6.42 Å². The van der Waals surface area contributed by atoms with Gasteiger partial charge in [0.15, 0.2) is 0 Å². The van der Waals surface area contributed by atoms with Gasteiger partial charge in [-0.25, -0.2) is 9.97 Å².